The van der Waals surface area contributed by atoms with Crippen LogP contribution in [0, 0.1) is 5.92 Å². The number of aliphatic hydroxyl groups excluding tert-OH is 1. The maximum atomic E-state index is 11.3. The number of rotatable bonds is 8. The number of carbonyl (C=O) groups excluding carboxylic acids is 1. The minimum absolute atomic E-state index is 0.00236. The van der Waals surface area contributed by atoms with E-state index in [1.54, 1.807) is 0 Å². The van der Waals surface area contributed by atoms with Crippen molar-refractivity contribution in [2.24, 2.45) is 5.92 Å². The van der Waals surface area contributed by atoms with Gasteiger partial charge in [-0.05, 0) is 18.8 Å². The third-order valence-electron chi connectivity index (χ3n) is 2.31. The van der Waals surface area contributed by atoms with Gasteiger partial charge in [-0.15, -0.1) is 0 Å². The third-order valence-corrected chi connectivity index (χ3v) is 2.31. The van der Waals surface area contributed by atoms with Gasteiger partial charge >= 0.3 is 0 Å². The molecule has 3 N–H and O–H groups in total. The van der Waals surface area contributed by atoms with Crippen molar-refractivity contribution in [3.8, 4) is 0 Å². The van der Waals surface area contributed by atoms with Crippen molar-refractivity contribution in [2.45, 2.75) is 39.7 Å². The van der Waals surface area contributed by atoms with Gasteiger partial charge in [0, 0.05) is 12.6 Å². The second-order valence-electron chi connectivity index (χ2n) is 4.20. The van der Waals surface area contributed by atoms with E-state index in [2.05, 4.69) is 24.5 Å². The lowest BCUT2D eigenvalue weighted by atomic mass is 10.1. The number of nitrogens with one attached hydrogen (secondary N) is 2. The third kappa shape index (κ3) is 8.39. The van der Waals surface area contributed by atoms with Gasteiger partial charge in [0.15, 0.2) is 0 Å². The standard InChI is InChI=1S/C11H24N2O2/c1-4-10(8-14)13-7-11(15)12-6-5-9(2)3/h9-10,13-14H,4-8H2,1-3H3,(H,12,15). The fourth-order valence-corrected chi connectivity index (χ4v) is 1.14. The molecule has 4 nitrogen and oxygen atoms in total. The van der Waals surface area contributed by atoms with Gasteiger partial charge < -0.3 is 15.7 Å². The summed E-state index contributed by atoms with van der Waals surface area (Å²) < 4.78 is 0. The summed E-state index contributed by atoms with van der Waals surface area (Å²) in [6.45, 7) is 7.33. The quantitative estimate of drug-likeness (QED) is 0.554. The second kappa shape index (κ2) is 8.68. The Morgan fingerprint density at radius 3 is 2.53 bits per heavy atom. The first-order chi connectivity index (χ1) is 7.10. The molecule has 4 heteroatoms. The summed E-state index contributed by atoms with van der Waals surface area (Å²) in [7, 11) is 0. The molecule has 0 spiro atoms. The molecule has 0 aliphatic carbocycles. The zero-order valence-electron chi connectivity index (χ0n) is 10.0. The highest BCUT2D eigenvalue weighted by Gasteiger charge is 2.06. The van der Waals surface area contributed by atoms with Crippen molar-refractivity contribution >= 4 is 5.91 Å². The molecular formula is C11H24N2O2. The minimum Gasteiger partial charge on any atom is -0.395 e. The Balaban J connectivity index is 3.48. The highest BCUT2D eigenvalue weighted by Crippen LogP contribution is 1.95. The first-order valence-electron chi connectivity index (χ1n) is 5.71. The average molecular weight is 216 g/mol. The highest BCUT2D eigenvalue weighted by atomic mass is 16.3. The number of amides is 1. The molecule has 1 atom stereocenters. The first-order valence-corrected chi connectivity index (χ1v) is 5.71. The second-order valence-corrected chi connectivity index (χ2v) is 4.20. The maximum Gasteiger partial charge on any atom is 0.233 e. The van der Waals surface area contributed by atoms with E-state index >= 15 is 0 Å². The maximum absolute atomic E-state index is 11.3. The molecule has 15 heavy (non-hydrogen) atoms. The SMILES string of the molecule is CCC(CO)NCC(=O)NCCC(C)C. The van der Waals surface area contributed by atoms with Crippen LogP contribution in [0.25, 0.3) is 0 Å². The van der Waals surface area contributed by atoms with Crippen LogP contribution in [-0.2, 0) is 4.79 Å². The van der Waals surface area contributed by atoms with Crippen LogP contribution in [0.3, 0.4) is 0 Å². The Hall–Kier alpha value is -0.610. The fraction of sp³-hybridized carbons (Fsp3) is 0.909. The van der Waals surface area contributed by atoms with E-state index in [1.807, 2.05) is 6.92 Å². The molecular weight excluding hydrogens is 192 g/mol. The molecule has 0 rings (SSSR count). The Labute approximate surface area is 92.4 Å². The van der Waals surface area contributed by atoms with Crippen molar-refractivity contribution in [2.75, 3.05) is 19.7 Å². The zero-order valence-corrected chi connectivity index (χ0v) is 10.0. The van der Waals surface area contributed by atoms with E-state index in [-0.39, 0.29) is 25.1 Å². The Kier molecular flexibility index (Phi) is 8.33. The molecule has 90 valence electrons. The van der Waals surface area contributed by atoms with Crippen molar-refractivity contribution in [3.05, 3.63) is 0 Å². The lowest BCUT2D eigenvalue weighted by Crippen LogP contribution is -2.40. The van der Waals surface area contributed by atoms with E-state index in [1.165, 1.54) is 0 Å². The fourth-order valence-electron chi connectivity index (χ4n) is 1.14. The molecule has 0 bridgehead atoms. The molecule has 0 saturated carbocycles. The summed E-state index contributed by atoms with van der Waals surface area (Å²) in [6, 6.07) is 0.0286. The topological polar surface area (TPSA) is 61.4 Å². The van der Waals surface area contributed by atoms with Gasteiger partial charge in [0.25, 0.3) is 0 Å². The lowest BCUT2D eigenvalue weighted by molar-refractivity contribution is -0.120. The van der Waals surface area contributed by atoms with E-state index in [9.17, 15) is 4.79 Å². The summed E-state index contributed by atoms with van der Waals surface area (Å²) >= 11 is 0. The van der Waals surface area contributed by atoms with Crippen LogP contribution in [0.1, 0.15) is 33.6 Å². The number of carbonyl (C=O) groups is 1. The lowest BCUT2D eigenvalue weighted by Gasteiger charge is -2.13. The minimum atomic E-state index is 0.00236. The van der Waals surface area contributed by atoms with Gasteiger partial charge in [-0.25, -0.2) is 0 Å². The molecule has 1 unspecified atom stereocenters. The molecule has 0 aromatic carbocycles. The van der Waals surface area contributed by atoms with Gasteiger partial charge in [0.2, 0.25) is 5.91 Å². The first kappa shape index (κ1) is 14.4. The van der Waals surface area contributed by atoms with Crippen LogP contribution in [0.15, 0.2) is 0 Å². The van der Waals surface area contributed by atoms with E-state index in [0.717, 1.165) is 19.4 Å². The van der Waals surface area contributed by atoms with Gasteiger partial charge in [-0.1, -0.05) is 20.8 Å². The van der Waals surface area contributed by atoms with E-state index in [4.69, 9.17) is 5.11 Å². The Morgan fingerprint density at radius 2 is 2.07 bits per heavy atom. The molecule has 0 radical (unpaired) electrons. The molecule has 0 saturated heterocycles. The van der Waals surface area contributed by atoms with Crippen LogP contribution in [0.4, 0.5) is 0 Å². The number of hydrogen-bond donors (Lipinski definition) is 3. The van der Waals surface area contributed by atoms with Crippen molar-refractivity contribution in [1.29, 1.82) is 0 Å². The van der Waals surface area contributed by atoms with Crippen LogP contribution in [-0.4, -0.2) is 36.8 Å². The van der Waals surface area contributed by atoms with Crippen molar-refractivity contribution in [1.82, 2.24) is 10.6 Å². The number of hydrogen-bond acceptors (Lipinski definition) is 3. The largest absolute Gasteiger partial charge is 0.395 e. The van der Waals surface area contributed by atoms with Gasteiger partial charge in [0.05, 0.1) is 13.2 Å². The molecule has 0 aromatic rings. The number of aliphatic hydroxyl groups is 1. The monoisotopic (exact) mass is 216 g/mol. The summed E-state index contributed by atoms with van der Waals surface area (Å²) in [5, 5.41) is 14.7. The molecule has 0 aliphatic heterocycles. The molecule has 1 amide bonds. The summed E-state index contributed by atoms with van der Waals surface area (Å²) in [5.41, 5.74) is 0. The highest BCUT2D eigenvalue weighted by molar-refractivity contribution is 5.77. The van der Waals surface area contributed by atoms with Gasteiger partial charge in [0.1, 0.15) is 0 Å². The van der Waals surface area contributed by atoms with Gasteiger partial charge in [-0.2, -0.15) is 0 Å². The molecule has 0 aromatic heterocycles. The normalized spacial score (nSPS) is 12.9. The summed E-state index contributed by atoms with van der Waals surface area (Å²) in [4.78, 5) is 11.3. The molecule has 0 aliphatic rings. The molecule has 0 heterocycles. The van der Waals surface area contributed by atoms with Crippen LogP contribution in [0.5, 0.6) is 0 Å². The van der Waals surface area contributed by atoms with Crippen LogP contribution in [0.2, 0.25) is 0 Å². The van der Waals surface area contributed by atoms with Crippen LogP contribution < -0.4 is 10.6 Å². The molecule has 0 fully saturated rings. The van der Waals surface area contributed by atoms with Crippen molar-refractivity contribution in [3.63, 3.8) is 0 Å². The summed E-state index contributed by atoms with van der Waals surface area (Å²) in [6.07, 6.45) is 1.83. The van der Waals surface area contributed by atoms with E-state index < -0.39 is 0 Å². The Bertz CT molecular complexity index is 168. The predicted octanol–water partition coefficient (Wildman–Crippen LogP) is 0.509. The predicted molar refractivity (Wildman–Crippen MR) is 61.6 cm³/mol. The summed E-state index contributed by atoms with van der Waals surface area (Å²) in [5.74, 6) is 0.613. The smallest absolute Gasteiger partial charge is 0.233 e. The van der Waals surface area contributed by atoms with Gasteiger partial charge in [-0.3, -0.25) is 4.79 Å². The Morgan fingerprint density at radius 1 is 1.40 bits per heavy atom. The van der Waals surface area contributed by atoms with Crippen LogP contribution >= 0.6 is 0 Å². The van der Waals surface area contributed by atoms with Crippen molar-refractivity contribution < 1.29 is 9.90 Å². The van der Waals surface area contributed by atoms with E-state index in [0.29, 0.717) is 5.92 Å². The zero-order chi connectivity index (χ0) is 11.7. The average Bonchev–Trinajstić information content (AvgIpc) is 2.18.